The summed E-state index contributed by atoms with van der Waals surface area (Å²) in [5, 5.41) is 0. The van der Waals surface area contributed by atoms with Crippen molar-refractivity contribution in [1.82, 2.24) is 0 Å². The first-order valence-electron chi connectivity index (χ1n) is 6.28. The van der Waals surface area contributed by atoms with Crippen molar-refractivity contribution in [3.05, 3.63) is 28.8 Å². The molecule has 0 amide bonds. The molecule has 3 rings (SSSR count). The number of aryl methyl sites for hydroxylation is 2. The molecule has 1 nitrogen and oxygen atoms in total. The summed E-state index contributed by atoms with van der Waals surface area (Å²) in [5.74, 6) is 0. The minimum atomic E-state index is 1.19. The van der Waals surface area contributed by atoms with E-state index in [1.54, 1.807) is 22.4 Å². The zero-order valence-corrected chi connectivity index (χ0v) is 9.55. The molecule has 0 unspecified atom stereocenters. The highest BCUT2D eigenvalue weighted by atomic mass is 15.1. The van der Waals surface area contributed by atoms with Gasteiger partial charge in [-0.2, -0.15) is 0 Å². The highest BCUT2D eigenvalue weighted by Crippen LogP contribution is 2.37. The number of benzene rings is 1. The zero-order valence-electron chi connectivity index (χ0n) is 9.55. The average Bonchev–Trinajstić information content (AvgIpc) is 2.30. The largest absolute Gasteiger partial charge is 0.371 e. The van der Waals surface area contributed by atoms with E-state index >= 15 is 0 Å². The fourth-order valence-electron chi connectivity index (χ4n) is 3.17. The lowest BCUT2D eigenvalue weighted by Gasteiger charge is -2.37. The Kier molecular flexibility index (Phi) is 2.19. The van der Waals surface area contributed by atoms with Crippen LogP contribution in [0.5, 0.6) is 0 Å². The van der Waals surface area contributed by atoms with Crippen molar-refractivity contribution >= 4 is 5.69 Å². The summed E-state index contributed by atoms with van der Waals surface area (Å²) in [6.45, 7) is 4.85. The molecule has 0 saturated carbocycles. The highest BCUT2D eigenvalue weighted by Gasteiger charge is 2.24. The van der Waals surface area contributed by atoms with Gasteiger partial charge in [0.05, 0.1) is 0 Å². The van der Waals surface area contributed by atoms with Gasteiger partial charge in [0.25, 0.3) is 0 Å². The Morgan fingerprint density at radius 3 is 2.73 bits per heavy atom. The molecule has 0 N–H and O–H groups in total. The Morgan fingerprint density at radius 1 is 1.13 bits per heavy atom. The topological polar surface area (TPSA) is 3.24 Å². The lowest BCUT2D eigenvalue weighted by atomic mass is 9.88. The first-order valence-corrected chi connectivity index (χ1v) is 6.28. The van der Waals surface area contributed by atoms with Crippen molar-refractivity contribution in [1.29, 1.82) is 0 Å². The second kappa shape index (κ2) is 3.55. The Hall–Kier alpha value is -0.980. The van der Waals surface area contributed by atoms with Gasteiger partial charge in [0.1, 0.15) is 0 Å². The summed E-state index contributed by atoms with van der Waals surface area (Å²) in [5.41, 5.74) is 6.47. The maximum absolute atomic E-state index is 2.62. The average molecular weight is 201 g/mol. The van der Waals surface area contributed by atoms with Crippen LogP contribution in [-0.2, 0) is 19.3 Å². The van der Waals surface area contributed by atoms with E-state index < -0.39 is 0 Å². The van der Waals surface area contributed by atoms with Gasteiger partial charge in [-0.3, -0.25) is 0 Å². The third-order valence-electron chi connectivity index (χ3n) is 3.89. The molecule has 2 aliphatic heterocycles. The second-order valence-corrected chi connectivity index (χ2v) is 4.76. The Morgan fingerprint density at radius 2 is 1.93 bits per heavy atom. The van der Waals surface area contributed by atoms with Gasteiger partial charge < -0.3 is 4.90 Å². The summed E-state index contributed by atoms with van der Waals surface area (Å²) in [6.07, 6.45) is 6.49. The Labute approximate surface area is 92.1 Å². The van der Waals surface area contributed by atoms with Gasteiger partial charge in [-0.05, 0) is 48.8 Å². The lowest BCUT2D eigenvalue weighted by molar-refractivity contribution is 0.630. The summed E-state index contributed by atoms with van der Waals surface area (Å²) in [4.78, 5) is 2.62. The van der Waals surface area contributed by atoms with Gasteiger partial charge >= 0.3 is 0 Å². The second-order valence-electron chi connectivity index (χ2n) is 4.76. The molecule has 2 aliphatic rings. The van der Waals surface area contributed by atoms with Crippen LogP contribution in [0.1, 0.15) is 36.5 Å². The van der Waals surface area contributed by atoms with Gasteiger partial charge in [0.15, 0.2) is 0 Å². The van der Waals surface area contributed by atoms with E-state index in [9.17, 15) is 0 Å². The van der Waals surface area contributed by atoms with Gasteiger partial charge in [0.2, 0.25) is 0 Å². The number of rotatable bonds is 1. The number of anilines is 1. The van der Waals surface area contributed by atoms with Gasteiger partial charge in [-0.25, -0.2) is 0 Å². The molecule has 0 aliphatic carbocycles. The SMILES string of the molecule is CCc1ccc2c3c1CCCN3CCC2. The van der Waals surface area contributed by atoms with Crippen LogP contribution >= 0.6 is 0 Å². The lowest BCUT2D eigenvalue weighted by Crippen LogP contribution is -2.34. The molecule has 0 spiro atoms. The van der Waals surface area contributed by atoms with E-state index in [0.29, 0.717) is 0 Å². The van der Waals surface area contributed by atoms with E-state index in [0.717, 1.165) is 0 Å². The number of hydrogen-bond donors (Lipinski definition) is 0. The molecule has 0 saturated heterocycles. The van der Waals surface area contributed by atoms with Crippen LogP contribution in [-0.4, -0.2) is 13.1 Å². The van der Waals surface area contributed by atoms with Crippen molar-refractivity contribution in [3.63, 3.8) is 0 Å². The fraction of sp³-hybridized carbons (Fsp3) is 0.571. The van der Waals surface area contributed by atoms with E-state index in [4.69, 9.17) is 0 Å². The number of hydrogen-bond acceptors (Lipinski definition) is 1. The minimum Gasteiger partial charge on any atom is -0.371 e. The normalized spacial score (nSPS) is 18.9. The molecule has 15 heavy (non-hydrogen) atoms. The predicted molar refractivity (Wildman–Crippen MR) is 64.7 cm³/mol. The van der Waals surface area contributed by atoms with E-state index in [1.165, 1.54) is 45.2 Å². The van der Waals surface area contributed by atoms with Gasteiger partial charge in [-0.1, -0.05) is 19.1 Å². The summed E-state index contributed by atoms with van der Waals surface area (Å²) in [6, 6.07) is 4.73. The van der Waals surface area contributed by atoms with Crippen LogP contribution in [0.15, 0.2) is 12.1 Å². The molecule has 1 aromatic rings. The van der Waals surface area contributed by atoms with E-state index in [-0.39, 0.29) is 0 Å². The summed E-state index contributed by atoms with van der Waals surface area (Å²) >= 11 is 0. The quantitative estimate of drug-likeness (QED) is 0.675. The molecule has 80 valence electrons. The molecule has 0 radical (unpaired) electrons. The molecule has 2 heterocycles. The maximum Gasteiger partial charge on any atom is 0.0434 e. The third-order valence-corrected chi connectivity index (χ3v) is 3.89. The van der Waals surface area contributed by atoms with Gasteiger partial charge in [0, 0.05) is 18.8 Å². The van der Waals surface area contributed by atoms with Crippen LogP contribution in [0.3, 0.4) is 0 Å². The monoisotopic (exact) mass is 201 g/mol. The van der Waals surface area contributed by atoms with Crippen LogP contribution in [0.4, 0.5) is 5.69 Å². The van der Waals surface area contributed by atoms with Crippen LogP contribution in [0.2, 0.25) is 0 Å². The number of nitrogens with zero attached hydrogens (tertiary/aromatic N) is 1. The van der Waals surface area contributed by atoms with Crippen LogP contribution in [0, 0.1) is 0 Å². The standard InChI is InChI=1S/C14H19N/c1-2-11-7-8-12-5-3-9-15-10-4-6-13(11)14(12)15/h7-8H,2-6,9-10H2,1H3. The van der Waals surface area contributed by atoms with Crippen molar-refractivity contribution in [2.75, 3.05) is 18.0 Å². The van der Waals surface area contributed by atoms with Gasteiger partial charge in [-0.15, -0.1) is 0 Å². The molecule has 0 atom stereocenters. The van der Waals surface area contributed by atoms with Crippen molar-refractivity contribution in [2.24, 2.45) is 0 Å². The van der Waals surface area contributed by atoms with Crippen LogP contribution in [0.25, 0.3) is 0 Å². The van der Waals surface area contributed by atoms with E-state index in [2.05, 4.69) is 24.0 Å². The summed E-state index contributed by atoms with van der Waals surface area (Å²) < 4.78 is 0. The third kappa shape index (κ3) is 1.37. The maximum atomic E-state index is 2.62. The Balaban J connectivity index is 2.18. The molecule has 0 fully saturated rings. The predicted octanol–water partition coefficient (Wildman–Crippen LogP) is 2.95. The van der Waals surface area contributed by atoms with Crippen molar-refractivity contribution in [2.45, 2.75) is 39.0 Å². The smallest absolute Gasteiger partial charge is 0.0434 e. The minimum absolute atomic E-state index is 1.19. The molecule has 1 heteroatoms. The molecular formula is C14H19N. The molecular weight excluding hydrogens is 182 g/mol. The summed E-state index contributed by atoms with van der Waals surface area (Å²) in [7, 11) is 0. The first-order chi connectivity index (χ1) is 7.40. The molecule has 1 aromatic carbocycles. The Bertz CT molecular complexity index is 379. The first kappa shape index (κ1) is 9.26. The van der Waals surface area contributed by atoms with Crippen molar-refractivity contribution < 1.29 is 0 Å². The molecule has 0 aromatic heterocycles. The van der Waals surface area contributed by atoms with Crippen molar-refractivity contribution in [3.8, 4) is 0 Å². The fourth-order valence-corrected chi connectivity index (χ4v) is 3.17. The van der Waals surface area contributed by atoms with E-state index in [1.807, 2.05) is 0 Å². The van der Waals surface area contributed by atoms with Crippen LogP contribution < -0.4 is 4.90 Å². The molecule has 0 bridgehead atoms. The highest BCUT2D eigenvalue weighted by molar-refractivity contribution is 5.65. The zero-order chi connectivity index (χ0) is 10.3.